The maximum Gasteiger partial charge on any atom is 0.268 e. The van der Waals surface area contributed by atoms with Gasteiger partial charge in [-0.05, 0) is 19.1 Å². The molecule has 2 aromatic carbocycles. The van der Waals surface area contributed by atoms with E-state index in [4.69, 9.17) is 4.74 Å². The Balaban J connectivity index is 1.87. The first-order chi connectivity index (χ1) is 11.3. The Bertz CT molecular complexity index is 800. The quantitative estimate of drug-likeness (QED) is 0.754. The van der Waals surface area contributed by atoms with Crippen molar-refractivity contribution in [3.63, 3.8) is 0 Å². The summed E-state index contributed by atoms with van der Waals surface area (Å²) < 4.78 is 5.54. The van der Waals surface area contributed by atoms with Gasteiger partial charge in [-0.2, -0.15) is 0 Å². The van der Waals surface area contributed by atoms with Gasteiger partial charge in [-0.25, -0.2) is 4.98 Å². The van der Waals surface area contributed by atoms with E-state index < -0.39 is 0 Å². The number of para-hydroxylation sites is 2. The van der Waals surface area contributed by atoms with E-state index in [2.05, 4.69) is 10.3 Å². The second-order valence-electron chi connectivity index (χ2n) is 4.78. The van der Waals surface area contributed by atoms with Crippen LogP contribution in [-0.2, 0) is 0 Å². The summed E-state index contributed by atoms with van der Waals surface area (Å²) >= 11 is 1.33. The van der Waals surface area contributed by atoms with Crippen molar-refractivity contribution >= 4 is 22.9 Å². The summed E-state index contributed by atoms with van der Waals surface area (Å²) in [6.45, 7) is 2.46. The molecule has 0 bridgehead atoms. The molecule has 3 aromatic rings. The zero-order chi connectivity index (χ0) is 16.1. The number of ether oxygens (including phenoxy) is 1. The standard InChI is InChI=1S/C18H16N2O2S/c1-2-22-15-11-7-6-10-14(15)20-18(21)17-16(19-12-23-17)13-8-4-3-5-9-13/h3-12H,2H2,1H3,(H,20,21). The van der Waals surface area contributed by atoms with Crippen LogP contribution >= 0.6 is 11.3 Å². The van der Waals surface area contributed by atoms with Crippen molar-refractivity contribution in [3.05, 3.63) is 65.0 Å². The van der Waals surface area contributed by atoms with Gasteiger partial charge in [0.15, 0.2) is 0 Å². The molecule has 5 heteroatoms. The van der Waals surface area contributed by atoms with E-state index in [0.717, 1.165) is 5.56 Å². The maximum absolute atomic E-state index is 12.6. The van der Waals surface area contributed by atoms with Gasteiger partial charge in [0.1, 0.15) is 10.6 Å². The van der Waals surface area contributed by atoms with Crippen LogP contribution in [0.2, 0.25) is 0 Å². The van der Waals surface area contributed by atoms with Crippen molar-refractivity contribution in [1.82, 2.24) is 4.98 Å². The van der Waals surface area contributed by atoms with Gasteiger partial charge in [-0.15, -0.1) is 11.3 Å². The maximum atomic E-state index is 12.6. The summed E-state index contributed by atoms with van der Waals surface area (Å²) in [5, 5.41) is 2.91. The van der Waals surface area contributed by atoms with E-state index in [0.29, 0.717) is 28.6 Å². The highest BCUT2D eigenvalue weighted by Gasteiger charge is 2.17. The third-order valence-electron chi connectivity index (χ3n) is 3.26. The van der Waals surface area contributed by atoms with Crippen LogP contribution in [0.3, 0.4) is 0 Å². The molecule has 0 atom stereocenters. The summed E-state index contributed by atoms with van der Waals surface area (Å²) in [7, 11) is 0. The van der Waals surface area contributed by atoms with E-state index >= 15 is 0 Å². The van der Waals surface area contributed by atoms with Gasteiger partial charge in [0, 0.05) is 5.56 Å². The minimum absolute atomic E-state index is 0.182. The van der Waals surface area contributed by atoms with Crippen LogP contribution in [-0.4, -0.2) is 17.5 Å². The molecule has 1 amide bonds. The zero-order valence-electron chi connectivity index (χ0n) is 12.7. The molecule has 0 saturated carbocycles. The van der Waals surface area contributed by atoms with Gasteiger partial charge in [-0.1, -0.05) is 42.5 Å². The molecule has 0 aliphatic rings. The lowest BCUT2D eigenvalue weighted by Gasteiger charge is -2.11. The van der Waals surface area contributed by atoms with Crippen LogP contribution in [0.15, 0.2) is 60.1 Å². The summed E-state index contributed by atoms with van der Waals surface area (Å²) in [6, 6.07) is 17.1. The van der Waals surface area contributed by atoms with Crippen LogP contribution in [0.1, 0.15) is 16.6 Å². The van der Waals surface area contributed by atoms with Gasteiger partial charge in [0.05, 0.1) is 23.5 Å². The molecule has 1 N–H and O–H groups in total. The molecule has 0 saturated heterocycles. The van der Waals surface area contributed by atoms with Crippen molar-refractivity contribution in [2.24, 2.45) is 0 Å². The number of amides is 1. The summed E-state index contributed by atoms with van der Waals surface area (Å²) in [6.07, 6.45) is 0. The third-order valence-corrected chi connectivity index (χ3v) is 4.08. The van der Waals surface area contributed by atoms with Crippen LogP contribution in [0.25, 0.3) is 11.3 Å². The Morgan fingerprint density at radius 3 is 2.65 bits per heavy atom. The second-order valence-corrected chi connectivity index (χ2v) is 5.63. The number of carbonyl (C=O) groups is 1. The molecule has 0 aliphatic carbocycles. The first-order valence-electron chi connectivity index (χ1n) is 7.31. The van der Waals surface area contributed by atoms with E-state index in [9.17, 15) is 4.79 Å². The number of thiazole rings is 1. The molecular weight excluding hydrogens is 308 g/mol. The lowest BCUT2D eigenvalue weighted by Crippen LogP contribution is -2.12. The summed E-state index contributed by atoms with van der Waals surface area (Å²) in [5.74, 6) is 0.479. The average Bonchev–Trinajstić information content (AvgIpc) is 3.07. The predicted octanol–water partition coefficient (Wildman–Crippen LogP) is 4.46. The topological polar surface area (TPSA) is 51.2 Å². The van der Waals surface area contributed by atoms with Crippen LogP contribution in [0.5, 0.6) is 5.75 Å². The van der Waals surface area contributed by atoms with E-state index in [-0.39, 0.29) is 5.91 Å². The third kappa shape index (κ3) is 3.40. The SMILES string of the molecule is CCOc1ccccc1NC(=O)c1scnc1-c1ccccc1. The molecule has 1 aromatic heterocycles. The normalized spacial score (nSPS) is 10.3. The van der Waals surface area contributed by atoms with Crippen molar-refractivity contribution in [1.29, 1.82) is 0 Å². The van der Waals surface area contributed by atoms with Gasteiger partial charge < -0.3 is 10.1 Å². The largest absolute Gasteiger partial charge is 0.492 e. The Kier molecular flexibility index (Phi) is 4.68. The van der Waals surface area contributed by atoms with E-state index in [1.807, 2.05) is 61.5 Å². The van der Waals surface area contributed by atoms with E-state index in [1.165, 1.54) is 11.3 Å². The first-order valence-corrected chi connectivity index (χ1v) is 8.19. The van der Waals surface area contributed by atoms with E-state index in [1.54, 1.807) is 5.51 Å². The van der Waals surface area contributed by atoms with Gasteiger partial charge in [0.25, 0.3) is 5.91 Å². The van der Waals surface area contributed by atoms with Crippen molar-refractivity contribution in [2.75, 3.05) is 11.9 Å². The number of hydrogen-bond acceptors (Lipinski definition) is 4. The van der Waals surface area contributed by atoms with Gasteiger partial charge >= 0.3 is 0 Å². The van der Waals surface area contributed by atoms with Crippen LogP contribution in [0, 0.1) is 0 Å². The van der Waals surface area contributed by atoms with Crippen molar-refractivity contribution < 1.29 is 9.53 Å². The molecular formula is C18H16N2O2S. The molecule has 0 unspecified atom stereocenters. The Hall–Kier alpha value is -2.66. The number of anilines is 1. The lowest BCUT2D eigenvalue weighted by atomic mass is 10.1. The highest BCUT2D eigenvalue weighted by Crippen LogP contribution is 2.28. The Labute approximate surface area is 138 Å². The minimum Gasteiger partial charge on any atom is -0.492 e. The number of carbonyl (C=O) groups excluding carboxylic acids is 1. The summed E-state index contributed by atoms with van der Waals surface area (Å²) in [4.78, 5) is 17.5. The summed E-state index contributed by atoms with van der Waals surface area (Å²) in [5.41, 5.74) is 3.97. The predicted molar refractivity (Wildman–Crippen MR) is 93.1 cm³/mol. The van der Waals surface area contributed by atoms with Gasteiger partial charge in [0.2, 0.25) is 0 Å². The minimum atomic E-state index is -0.182. The molecule has 23 heavy (non-hydrogen) atoms. The molecule has 0 radical (unpaired) electrons. The zero-order valence-corrected chi connectivity index (χ0v) is 13.5. The Morgan fingerprint density at radius 2 is 1.87 bits per heavy atom. The molecule has 116 valence electrons. The number of hydrogen-bond donors (Lipinski definition) is 1. The number of nitrogens with zero attached hydrogens (tertiary/aromatic N) is 1. The monoisotopic (exact) mass is 324 g/mol. The smallest absolute Gasteiger partial charge is 0.268 e. The number of benzene rings is 2. The number of rotatable bonds is 5. The Morgan fingerprint density at radius 1 is 1.13 bits per heavy atom. The number of nitrogens with one attached hydrogen (secondary N) is 1. The molecule has 4 nitrogen and oxygen atoms in total. The molecule has 3 rings (SSSR count). The highest BCUT2D eigenvalue weighted by atomic mass is 32.1. The molecule has 0 aliphatic heterocycles. The lowest BCUT2D eigenvalue weighted by molar-refractivity contribution is 0.103. The van der Waals surface area contributed by atoms with Crippen molar-refractivity contribution in [2.45, 2.75) is 6.92 Å². The van der Waals surface area contributed by atoms with Crippen LogP contribution < -0.4 is 10.1 Å². The fraction of sp³-hybridized carbons (Fsp3) is 0.111. The molecule has 1 heterocycles. The van der Waals surface area contributed by atoms with Crippen LogP contribution in [0.4, 0.5) is 5.69 Å². The highest BCUT2D eigenvalue weighted by molar-refractivity contribution is 7.12. The molecule has 0 spiro atoms. The van der Waals surface area contributed by atoms with Gasteiger partial charge in [-0.3, -0.25) is 4.79 Å². The fourth-order valence-electron chi connectivity index (χ4n) is 2.24. The fourth-order valence-corrected chi connectivity index (χ4v) is 2.94. The number of aromatic nitrogens is 1. The van der Waals surface area contributed by atoms with Crippen molar-refractivity contribution in [3.8, 4) is 17.0 Å². The average molecular weight is 324 g/mol. The first kappa shape index (κ1) is 15.2. The molecule has 0 fully saturated rings. The second kappa shape index (κ2) is 7.07.